The number of benzene rings is 1. The highest BCUT2D eigenvalue weighted by Gasteiger charge is 2.42. The van der Waals surface area contributed by atoms with Crippen LogP contribution in [0.3, 0.4) is 0 Å². The highest BCUT2D eigenvalue weighted by molar-refractivity contribution is 7.89. The molecule has 0 aromatic heterocycles. The van der Waals surface area contributed by atoms with E-state index in [1.165, 1.54) is 6.42 Å². The van der Waals surface area contributed by atoms with Gasteiger partial charge in [0, 0.05) is 19.4 Å². The number of ether oxygens (including phenoxy) is 2. The van der Waals surface area contributed by atoms with E-state index in [0.29, 0.717) is 11.5 Å². The largest absolute Gasteiger partial charge is 0.347 e. The lowest BCUT2D eigenvalue weighted by Gasteiger charge is -2.31. The molecule has 1 atom stereocenters. The molecule has 2 fully saturated rings. The van der Waals surface area contributed by atoms with Crippen molar-refractivity contribution in [2.24, 2.45) is 0 Å². The third-order valence-electron chi connectivity index (χ3n) is 4.82. The Kier molecular flexibility index (Phi) is 4.78. The molecular weight excluding hydrogens is 314 g/mol. The molecule has 1 aliphatic heterocycles. The molecule has 6 heteroatoms. The van der Waals surface area contributed by atoms with Gasteiger partial charge in [-0.1, -0.05) is 12.5 Å². The van der Waals surface area contributed by atoms with Crippen LogP contribution in [0.4, 0.5) is 0 Å². The van der Waals surface area contributed by atoms with Gasteiger partial charge < -0.3 is 9.47 Å². The van der Waals surface area contributed by atoms with Crippen molar-refractivity contribution in [1.82, 2.24) is 4.72 Å². The van der Waals surface area contributed by atoms with E-state index in [1.54, 1.807) is 12.1 Å². The SMILES string of the molecule is Cc1ccc(S(=O)(=O)NC[C@@H]2COC3(CCCCC3)O2)cc1C. The Morgan fingerprint density at radius 2 is 1.91 bits per heavy atom. The Bertz CT molecular complexity index is 665. The normalized spacial score (nSPS) is 24.2. The fourth-order valence-corrected chi connectivity index (χ4v) is 4.39. The van der Waals surface area contributed by atoms with Crippen LogP contribution >= 0.6 is 0 Å². The van der Waals surface area contributed by atoms with E-state index in [-0.39, 0.29) is 12.6 Å². The summed E-state index contributed by atoms with van der Waals surface area (Å²) < 4.78 is 39.3. The van der Waals surface area contributed by atoms with Gasteiger partial charge in [-0.15, -0.1) is 0 Å². The summed E-state index contributed by atoms with van der Waals surface area (Å²) in [5.74, 6) is -0.463. The van der Waals surface area contributed by atoms with E-state index in [2.05, 4.69) is 4.72 Å². The van der Waals surface area contributed by atoms with Crippen molar-refractivity contribution in [3.05, 3.63) is 29.3 Å². The van der Waals surface area contributed by atoms with Crippen LogP contribution in [0.5, 0.6) is 0 Å². The van der Waals surface area contributed by atoms with Gasteiger partial charge in [0.1, 0.15) is 0 Å². The van der Waals surface area contributed by atoms with E-state index in [4.69, 9.17) is 9.47 Å². The third-order valence-corrected chi connectivity index (χ3v) is 6.24. The van der Waals surface area contributed by atoms with E-state index in [9.17, 15) is 8.42 Å². The lowest BCUT2D eigenvalue weighted by Crippen LogP contribution is -2.37. The van der Waals surface area contributed by atoms with Gasteiger partial charge in [0.05, 0.1) is 17.6 Å². The Morgan fingerprint density at radius 1 is 1.17 bits per heavy atom. The first-order chi connectivity index (χ1) is 10.9. The van der Waals surface area contributed by atoms with Crippen LogP contribution in [0.1, 0.15) is 43.2 Å². The van der Waals surface area contributed by atoms with Crippen LogP contribution in [0, 0.1) is 13.8 Å². The minimum absolute atomic E-state index is 0.213. The Morgan fingerprint density at radius 3 is 2.61 bits per heavy atom. The van der Waals surface area contributed by atoms with Crippen LogP contribution in [0.15, 0.2) is 23.1 Å². The summed E-state index contributed by atoms with van der Waals surface area (Å²) in [6.45, 7) is 4.58. The molecule has 1 saturated carbocycles. The lowest BCUT2D eigenvalue weighted by atomic mass is 9.94. The van der Waals surface area contributed by atoms with E-state index < -0.39 is 15.8 Å². The van der Waals surface area contributed by atoms with Gasteiger partial charge >= 0.3 is 0 Å². The molecule has 1 aromatic rings. The summed E-state index contributed by atoms with van der Waals surface area (Å²) in [4.78, 5) is 0.298. The predicted octanol–water partition coefficient (Wildman–Crippen LogP) is 2.66. The second-order valence-corrected chi connectivity index (χ2v) is 8.39. The number of aryl methyl sites for hydroxylation is 2. The summed E-state index contributed by atoms with van der Waals surface area (Å²) in [6.07, 6.45) is 5.05. The van der Waals surface area contributed by atoms with Crippen LogP contribution in [0.25, 0.3) is 0 Å². The molecule has 0 amide bonds. The highest BCUT2D eigenvalue weighted by atomic mass is 32.2. The average molecular weight is 339 g/mol. The van der Waals surface area contributed by atoms with Crippen molar-refractivity contribution in [1.29, 1.82) is 0 Å². The number of hydrogen-bond donors (Lipinski definition) is 1. The monoisotopic (exact) mass is 339 g/mol. The van der Waals surface area contributed by atoms with E-state index >= 15 is 0 Å². The van der Waals surface area contributed by atoms with Crippen molar-refractivity contribution >= 4 is 10.0 Å². The molecule has 1 aromatic carbocycles. The maximum atomic E-state index is 12.4. The molecule has 23 heavy (non-hydrogen) atoms. The van der Waals surface area contributed by atoms with Gasteiger partial charge in [0.15, 0.2) is 5.79 Å². The topological polar surface area (TPSA) is 64.6 Å². The zero-order valence-corrected chi connectivity index (χ0v) is 14.6. The zero-order valence-electron chi connectivity index (χ0n) is 13.8. The highest BCUT2D eigenvalue weighted by Crippen LogP contribution is 2.37. The first kappa shape index (κ1) is 16.9. The second-order valence-electron chi connectivity index (χ2n) is 6.62. The predicted molar refractivity (Wildman–Crippen MR) is 87.7 cm³/mol. The molecule has 0 unspecified atom stereocenters. The summed E-state index contributed by atoms with van der Waals surface area (Å²) in [7, 11) is -3.51. The summed E-state index contributed by atoms with van der Waals surface area (Å²) in [5, 5.41) is 0. The van der Waals surface area contributed by atoms with Gasteiger partial charge in [-0.25, -0.2) is 13.1 Å². The summed E-state index contributed by atoms with van der Waals surface area (Å²) in [5.41, 5.74) is 2.05. The van der Waals surface area contributed by atoms with E-state index in [0.717, 1.165) is 36.8 Å². The third kappa shape index (κ3) is 3.76. The average Bonchev–Trinajstić information content (AvgIpc) is 2.91. The first-order valence-corrected chi connectivity index (χ1v) is 9.77. The molecule has 2 aliphatic rings. The fraction of sp³-hybridized carbons (Fsp3) is 0.647. The van der Waals surface area contributed by atoms with Crippen molar-refractivity contribution in [2.45, 2.75) is 62.7 Å². The van der Waals surface area contributed by atoms with Gasteiger partial charge in [0.25, 0.3) is 0 Å². The smallest absolute Gasteiger partial charge is 0.240 e. The molecular formula is C17H25NO4S. The van der Waals surface area contributed by atoms with Crippen LogP contribution in [0.2, 0.25) is 0 Å². The maximum Gasteiger partial charge on any atom is 0.240 e. The molecule has 1 aliphatic carbocycles. The fourth-order valence-electron chi connectivity index (χ4n) is 3.24. The molecule has 128 valence electrons. The van der Waals surface area contributed by atoms with Crippen LogP contribution in [-0.4, -0.2) is 33.5 Å². The number of nitrogens with one attached hydrogen (secondary N) is 1. The maximum absolute atomic E-state index is 12.4. The minimum atomic E-state index is -3.51. The van der Waals surface area contributed by atoms with Crippen molar-refractivity contribution in [3.63, 3.8) is 0 Å². The van der Waals surface area contributed by atoms with Gasteiger partial charge in [-0.3, -0.25) is 0 Å². The van der Waals surface area contributed by atoms with Crippen molar-refractivity contribution in [2.75, 3.05) is 13.2 Å². The minimum Gasteiger partial charge on any atom is -0.347 e. The quantitative estimate of drug-likeness (QED) is 0.916. The molecule has 1 saturated heterocycles. The molecule has 0 radical (unpaired) electrons. The Labute approximate surface area is 138 Å². The van der Waals surface area contributed by atoms with E-state index in [1.807, 2.05) is 19.9 Å². The first-order valence-electron chi connectivity index (χ1n) is 8.29. The standard InChI is InChI=1S/C17H25NO4S/c1-13-6-7-16(10-14(13)2)23(19,20)18-11-15-12-21-17(22-15)8-4-3-5-9-17/h6-7,10,15,18H,3-5,8-9,11-12H2,1-2H3/t15-/m1/s1. The molecule has 0 bridgehead atoms. The van der Waals surface area contributed by atoms with Gasteiger partial charge in [-0.2, -0.15) is 0 Å². The van der Waals surface area contributed by atoms with Crippen LogP contribution < -0.4 is 4.72 Å². The zero-order chi connectivity index (χ0) is 16.5. The number of rotatable bonds is 4. The molecule has 3 rings (SSSR count). The number of sulfonamides is 1. The Balaban J connectivity index is 1.60. The van der Waals surface area contributed by atoms with Gasteiger partial charge in [-0.05, 0) is 49.9 Å². The summed E-state index contributed by atoms with van der Waals surface area (Å²) >= 11 is 0. The molecule has 1 spiro atoms. The lowest BCUT2D eigenvalue weighted by molar-refractivity contribution is -0.186. The molecule has 5 nitrogen and oxygen atoms in total. The van der Waals surface area contributed by atoms with Crippen molar-refractivity contribution < 1.29 is 17.9 Å². The number of hydrogen-bond acceptors (Lipinski definition) is 4. The Hall–Kier alpha value is -0.950. The van der Waals surface area contributed by atoms with Gasteiger partial charge in [0.2, 0.25) is 10.0 Å². The molecule has 1 N–H and O–H groups in total. The van der Waals surface area contributed by atoms with Crippen molar-refractivity contribution in [3.8, 4) is 0 Å². The second kappa shape index (κ2) is 6.51. The molecule has 1 heterocycles. The summed E-state index contributed by atoms with van der Waals surface area (Å²) in [6, 6.07) is 5.17. The van der Waals surface area contributed by atoms with Crippen LogP contribution in [-0.2, 0) is 19.5 Å².